The highest BCUT2D eigenvalue weighted by Crippen LogP contribution is 1.85. The SMILES string of the molecule is C=Cn1ccc(C)nc1=NC. The van der Waals surface area contributed by atoms with Gasteiger partial charge in [-0.3, -0.25) is 9.56 Å². The monoisotopic (exact) mass is 149 g/mol. The van der Waals surface area contributed by atoms with E-state index in [1.165, 1.54) is 0 Å². The zero-order valence-corrected chi connectivity index (χ0v) is 6.78. The predicted octanol–water partition coefficient (Wildman–Crippen LogP) is 0.823. The summed E-state index contributed by atoms with van der Waals surface area (Å²) in [4.78, 5) is 8.17. The Morgan fingerprint density at radius 2 is 2.45 bits per heavy atom. The molecule has 3 nitrogen and oxygen atoms in total. The highest BCUT2D eigenvalue weighted by molar-refractivity contribution is 5.15. The molecule has 0 bridgehead atoms. The van der Waals surface area contributed by atoms with Crippen molar-refractivity contribution in [1.82, 2.24) is 9.55 Å². The summed E-state index contributed by atoms with van der Waals surface area (Å²) in [6.07, 6.45) is 3.56. The molecular weight excluding hydrogens is 138 g/mol. The summed E-state index contributed by atoms with van der Waals surface area (Å²) in [5.41, 5.74) is 1.64. The van der Waals surface area contributed by atoms with Gasteiger partial charge in [0.1, 0.15) is 0 Å². The average molecular weight is 149 g/mol. The highest BCUT2D eigenvalue weighted by Gasteiger charge is 1.88. The summed E-state index contributed by atoms with van der Waals surface area (Å²) in [6.45, 7) is 5.56. The first-order valence-corrected chi connectivity index (χ1v) is 3.39. The van der Waals surface area contributed by atoms with Crippen LogP contribution in [-0.4, -0.2) is 16.6 Å². The lowest BCUT2D eigenvalue weighted by molar-refractivity contribution is 0.880. The van der Waals surface area contributed by atoms with E-state index in [0.717, 1.165) is 5.69 Å². The van der Waals surface area contributed by atoms with Crippen molar-refractivity contribution in [3.05, 3.63) is 30.2 Å². The van der Waals surface area contributed by atoms with Crippen LogP contribution < -0.4 is 5.62 Å². The largest absolute Gasteiger partial charge is 0.294 e. The molecule has 0 atom stereocenters. The molecule has 0 aliphatic heterocycles. The molecule has 11 heavy (non-hydrogen) atoms. The van der Waals surface area contributed by atoms with Crippen LogP contribution >= 0.6 is 0 Å². The second-order valence-electron chi connectivity index (χ2n) is 2.18. The molecule has 58 valence electrons. The third-order valence-corrected chi connectivity index (χ3v) is 1.38. The molecule has 0 radical (unpaired) electrons. The van der Waals surface area contributed by atoms with Gasteiger partial charge in [0, 0.05) is 25.1 Å². The van der Waals surface area contributed by atoms with Crippen LogP contribution in [0, 0.1) is 6.92 Å². The Labute approximate surface area is 65.7 Å². The van der Waals surface area contributed by atoms with Crippen molar-refractivity contribution in [3.63, 3.8) is 0 Å². The fraction of sp³-hybridized carbons (Fsp3) is 0.250. The third kappa shape index (κ3) is 1.55. The van der Waals surface area contributed by atoms with E-state index >= 15 is 0 Å². The lowest BCUT2D eigenvalue weighted by atomic mass is 10.5. The molecule has 0 saturated heterocycles. The Kier molecular flexibility index (Phi) is 2.21. The van der Waals surface area contributed by atoms with Gasteiger partial charge in [-0.05, 0) is 13.0 Å². The molecule has 1 rings (SSSR count). The molecule has 0 fully saturated rings. The van der Waals surface area contributed by atoms with Crippen molar-refractivity contribution in [2.45, 2.75) is 6.92 Å². The second-order valence-corrected chi connectivity index (χ2v) is 2.18. The molecule has 1 aromatic rings. The van der Waals surface area contributed by atoms with Crippen LogP contribution in [0.4, 0.5) is 0 Å². The van der Waals surface area contributed by atoms with Crippen LogP contribution in [0.15, 0.2) is 23.8 Å². The van der Waals surface area contributed by atoms with E-state index in [9.17, 15) is 0 Å². The van der Waals surface area contributed by atoms with E-state index < -0.39 is 0 Å². The summed E-state index contributed by atoms with van der Waals surface area (Å²) in [5, 5.41) is 0. The van der Waals surface area contributed by atoms with Gasteiger partial charge in [0.2, 0.25) is 5.62 Å². The molecule has 0 aromatic carbocycles. The Bertz CT molecular complexity index is 322. The molecule has 0 amide bonds. The summed E-state index contributed by atoms with van der Waals surface area (Å²) < 4.78 is 1.77. The maximum Gasteiger partial charge on any atom is 0.228 e. The van der Waals surface area contributed by atoms with Gasteiger partial charge in [-0.1, -0.05) is 6.58 Å². The van der Waals surface area contributed by atoms with Crippen LogP contribution in [0.25, 0.3) is 6.20 Å². The smallest absolute Gasteiger partial charge is 0.228 e. The molecule has 0 aliphatic rings. The predicted molar refractivity (Wildman–Crippen MR) is 44.8 cm³/mol. The fourth-order valence-corrected chi connectivity index (χ4v) is 0.816. The molecule has 0 saturated carbocycles. The number of rotatable bonds is 1. The maximum atomic E-state index is 4.19. The zero-order chi connectivity index (χ0) is 8.27. The van der Waals surface area contributed by atoms with Crippen molar-refractivity contribution in [2.24, 2.45) is 4.99 Å². The molecule has 3 heteroatoms. The molecular formula is C8H11N3. The number of nitrogens with zero attached hydrogens (tertiary/aromatic N) is 3. The zero-order valence-electron chi connectivity index (χ0n) is 6.78. The summed E-state index contributed by atoms with van der Waals surface area (Å²) in [5.74, 6) is 0. The minimum absolute atomic E-state index is 0.681. The van der Waals surface area contributed by atoms with Gasteiger partial charge in [0.05, 0.1) is 0 Å². The quantitative estimate of drug-likeness (QED) is 0.581. The standard InChI is InChI=1S/C8H11N3/c1-4-11-6-5-7(2)10-8(11)9-3/h4-6H,1H2,2-3H3. The first kappa shape index (κ1) is 7.72. The van der Waals surface area contributed by atoms with E-state index in [2.05, 4.69) is 16.6 Å². The van der Waals surface area contributed by atoms with Gasteiger partial charge in [-0.2, -0.15) is 0 Å². The van der Waals surface area contributed by atoms with Gasteiger partial charge in [0.15, 0.2) is 0 Å². The number of hydrogen-bond donors (Lipinski definition) is 0. The van der Waals surface area contributed by atoms with Crippen molar-refractivity contribution >= 4 is 6.20 Å². The maximum absolute atomic E-state index is 4.19. The lowest BCUT2D eigenvalue weighted by Crippen LogP contribution is -2.20. The first-order valence-electron chi connectivity index (χ1n) is 3.39. The van der Waals surface area contributed by atoms with Gasteiger partial charge in [-0.15, -0.1) is 0 Å². The van der Waals surface area contributed by atoms with Crippen LogP contribution in [0.1, 0.15) is 5.69 Å². The number of aryl methyl sites for hydroxylation is 1. The van der Waals surface area contributed by atoms with Gasteiger partial charge in [0.25, 0.3) is 0 Å². The summed E-state index contributed by atoms with van der Waals surface area (Å²) in [7, 11) is 1.71. The van der Waals surface area contributed by atoms with Crippen molar-refractivity contribution in [3.8, 4) is 0 Å². The van der Waals surface area contributed by atoms with Gasteiger partial charge < -0.3 is 0 Å². The second kappa shape index (κ2) is 3.14. The van der Waals surface area contributed by atoms with Crippen LogP contribution in [-0.2, 0) is 0 Å². The third-order valence-electron chi connectivity index (χ3n) is 1.38. The van der Waals surface area contributed by atoms with Gasteiger partial charge in [-0.25, -0.2) is 4.98 Å². The minimum Gasteiger partial charge on any atom is -0.294 e. The Morgan fingerprint density at radius 1 is 1.73 bits per heavy atom. The van der Waals surface area contributed by atoms with E-state index in [-0.39, 0.29) is 0 Å². The summed E-state index contributed by atoms with van der Waals surface area (Å²) >= 11 is 0. The highest BCUT2D eigenvalue weighted by atomic mass is 15.1. The van der Waals surface area contributed by atoms with Crippen LogP contribution in [0.5, 0.6) is 0 Å². The normalized spacial score (nSPS) is 11.6. The minimum atomic E-state index is 0.681. The van der Waals surface area contributed by atoms with Crippen molar-refractivity contribution in [1.29, 1.82) is 0 Å². The Morgan fingerprint density at radius 3 is 3.00 bits per heavy atom. The van der Waals surface area contributed by atoms with Gasteiger partial charge >= 0.3 is 0 Å². The molecule has 0 N–H and O–H groups in total. The van der Waals surface area contributed by atoms with Crippen LogP contribution in [0.2, 0.25) is 0 Å². The Hall–Kier alpha value is -1.38. The molecule has 0 spiro atoms. The number of hydrogen-bond acceptors (Lipinski definition) is 2. The summed E-state index contributed by atoms with van der Waals surface area (Å²) in [6, 6.07) is 1.91. The van der Waals surface area contributed by atoms with E-state index in [4.69, 9.17) is 0 Å². The molecule has 1 aromatic heterocycles. The van der Waals surface area contributed by atoms with Crippen molar-refractivity contribution in [2.75, 3.05) is 7.05 Å². The van der Waals surface area contributed by atoms with E-state index in [1.54, 1.807) is 17.8 Å². The van der Waals surface area contributed by atoms with E-state index in [0.29, 0.717) is 5.62 Å². The number of aromatic nitrogens is 2. The Balaban J connectivity index is 3.40. The first-order chi connectivity index (χ1) is 5.27. The average Bonchev–Trinajstić information content (AvgIpc) is 2.04. The van der Waals surface area contributed by atoms with E-state index in [1.807, 2.05) is 19.2 Å². The van der Waals surface area contributed by atoms with Crippen LogP contribution in [0.3, 0.4) is 0 Å². The fourth-order valence-electron chi connectivity index (χ4n) is 0.816. The lowest BCUT2D eigenvalue weighted by Gasteiger charge is -1.98. The molecule has 0 aliphatic carbocycles. The van der Waals surface area contributed by atoms with Crippen molar-refractivity contribution < 1.29 is 0 Å². The topological polar surface area (TPSA) is 30.2 Å². The molecule has 1 heterocycles. The molecule has 0 unspecified atom stereocenters.